The second kappa shape index (κ2) is 9.57. The quantitative estimate of drug-likeness (QED) is 0.214. The second-order valence-electron chi connectivity index (χ2n) is 10.2. The highest BCUT2D eigenvalue weighted by molar-refractivity contribution is 8.00. The number of hydrogen-bond acceptors (Lipinski definition) is 4. The molecule has 1 spiro atoms. The minimum Gasteiger partial charge on any atom is -0.362 e. The Balaban J connectivity index is 1.56. The maximum absolute atomic E-state index is 7.19. The number of para-hydroxylation sites is 2. The van der Waals surface area contributed by atoms with Crippen molar-refractivity contribution in [2.75, 3.05) is 0 Å². The highest BCUT2D eigenvalue weighted by Gasteiger charge is 2.68. The largest absolute Gasteiger partial charge is 0.631 e. The van der Waals surface area contributed by atoms with Crippen LogP contribution in [0.1, 0.15) is 16.7 Å². The molecule has 0 amide bonds. The minimum atomic E-state index is -1.17. The molecule has 40 heavy (non-hydrogen) atoms. The molecule has 0 N–H and O–H groups in total. The lowest BCUT2D eigenvalue weighted by atomic mass is 10.0. The molecule has 5 nitrogen and oxygen atoms in total. The molecule has 6 heteroatoms. The normalized spacial score (nSPS) is 17.4. The fourth-order valence-electron chi connectivity index (χ4n) is 5.38. The minimum absolute atomic E-state index is 0.762. The first-order chi connectivity index (χ1) is 19.5. The summed E-state index contributed by atoms with van der Waals surface area (Å²) in [5, 5.41) is 9.42. The van der Waals surface area contributed by atoms with Crippen LogP contribution in [0.2, 0.25) is 0 Å². The summed E-state index contributed by atoms with van der Waals surface area (Å²) in [6.45, 7) is 6.29. The van der Waals surface area contributed by atoms with Gasteiger partial charge in [0.2, 0.25) is 11.4 Å². The van der Waals surface area contributed by atoms with Crippen molar-refractivity contribution < 1.29 is 14.1 Å². The van der Waals surface area contributed by atoms with Gasteiger partial charge in [0.05, 0.1) is 16.7 Å². The molecular weight excluding hydrogens is 512 g/mol. The Morgan fingerprint density at radius 1 is 0.625 bits per heavy atom. The fraction of sp³-hybridized carbons (Fsp3) is 0.118. The third-order valence-corrected chi connectivity index (χ3v) is 8.45. The lowest BCUT2D eigenvalue weighted by Gasteiger charge is -2.29. The van der Waals surface area contributed by atoms with Gasteiger partial charge in [-0.3, -0.25) is 0 Å². The number of rotatable bonds is 3. The van der Waals surface area contributed by atoms with Crippen molar-refractivity contribution >= 4 is 34.5 Å². The molecule has 5 aromatic carbocycles. The van der Waals surface area contributed by atoms with Crippen LogP contribution in [-0.4, -0.2) is 14.6 Å². The number of nitrogens with zero attached hydrogens (tertiary/aromatic N) is 4. The van der Waals surface area contributed by atoms with Gasteiger partial charge in [-0.2, -0.15) is 0 Å². The molecule has 194 valence electrons. The first-order valence-corrected chi connectivity index (χ1v) is 14.2. The number of thioether (sulfide) groups is 1. The van der Waals surface area contributed by atoms with E-state index < -0.39 is 5.18 Å². The standard InChI is InChI=1S/C34H28N4OS/c1-23-19-25(3)32-30(21-23)35-37(27-15-9-5-10-16-27)34(39-32)38(28-17-11-6-12-18-28)36-31-22-24(2)20-29(33(31)40-34)26-13-7-4-8-14-26/h4-22H,1-3H3/q+2/t34-/m0/s1. The molecular formula is C34H28N4OS+2. The van der Waals surface area contributed by atoms with E-state index in [1.54, 1.807) is 11.8 Å². The summed E-state index contributed by atoms with van der Waals surface area (Å²) in [5.41, 5.74) is 9.12. The van der Waals surface area contributed by atoms with Gasteiger partial charge in [0.15, 0.2) is 11.4 Å². The van der Waals surface area contributed by atoms with Crippen molar-refractivity contribution in [3.05, 3.63) is 132 Å². The maximum atomic E-state index is 7.19. The van der Waals surface area contributed by atoms with Crippen molar-refractivity contribution in [2.45, 2.75) is 30.8 Å². The van der Waals surface area contributed by atoms with Crippen molar-refractivity contribution in [1.82, 2.24) is 0 Å². The van der Waals surface area contributed by atoms with E-state index in [-0.39, 0.29) is 0 Å². The van der Waals surface area contributed by atoms with E-state index in [1.807, 2.05) is 51.9 Å². The molecule has 2 heterocycles. The van der Waals surface area contributed by atoms with E-state index in [2.05, 4.69) is 93.6 Å². The van der Waals surface area contributed by atoms with E-state index in [4.69, 9.17) is 15.0 Å². The molecule has 0 aromatic heterocycles. The lowest BCUT2D eigenvalue weighted by Crippen LogP contribution is -2.52. The fourth-order valence-corrected chi connectivity index (χ4v) is 6.73. The Hall–Kier alpha value is -4.55. The second-order valence-corrected chi connectivity index (χ2v) is 11.3. The smallest absolute Gasteiger partial charge is 0.362 e. The van der Waals surface area contributed by atoms with Crippen LogP contribution in [0, 0.1) is 20.8 Å². The van der Waals surface area contributed by atoms with Gasteiger partial charge < -0.3 is 4.74 Å². The molecule has 1 atom stereocenters. The molecule has 0 fully saturated rings. The van der Waals surface area contributed by atoms with E-state index in [0.29, 0.717) is 0 Å². The maximum Gasteiger partial charge on any atom is 0.631 e. The summed E-state index contributed by atoms with van der Waals surface area (Å²) in [6.07, 6.45) is 0. The van der Waals surface area contributed by atoms with Crippen LogP contribution in [0.4, 0.5) is 22.7 Å². The molecule has 7 rings (SSSR count). The zero-order valence-electron chi connectivity index (χ0n) is 22.6. The summed E-state index contributed by atoms with van der Waals surface area (Å²) in [6, 6.07) is 39.5. The van der Waals surface area contributed by atoms with Crippen LogP contribution in [-0.2, 0) is 0 Å². The number of fused-ring (bicyclic) bond motifs is 2. The Bertz CT molecular complexity index is 1820. The first kappa shape index (κ1) is 24.5. The van der Waals surface area contributed by atoms with Gasteiger partial charge in [0.1, 0.15) is 5.69 Å². The molecule has 2 aliphatic heterocycles. The summed E-state index contributed by atoms with van der Waals surface area (Å²) in [5.74, 6) is 0.762. The van der Waals surface area contributed by atoms with Crippen molar-refractivity contribution in [2.24, 2.45) is 10.2 Å². The van der Waals surface area contributed by atoms with Gasteiger partial charge in [0, 0.05) is 43.9 Å². The van der Waals surface area contributed by atoms with Crippen molar-refractivity contribution in [3.63, 3.8) is 0 Å². The van der Waals surface area contributed by atoms with Crippen LogP contribution in [0.5, 0.6) is 5.75 Å². The van der Waals surface area contributed by atoms with E-state index >= 15 is 0 Å². The van der Waals surface area contributed by atoms with Crippen LogP contribution < -0.4 is 4.74 Å². The molecule has 0 bridgehead atoms. The zero-order valence-corrected chi connectivity index (χ0v) is 23.4. The monoisotopic (exact) mass is 540 g/mol. The third kappa shape index (κ3) is 4.03. The SMILES string of the molecule is Cc1cc(C)c2c(c1)N=[N+](c1ccccc1)[C@]1(O2)Sc2c(cc(C)cc2-c2ccccc2)N=[N+]1c1ccccc1. The molecule has 0 unspecified atom stereocenters. The van der Waals surface area contributed by atoms with Crippen LogP contribution in [0.3, 0.4) is 0 Å². The number of benzene rings is 5. The molecule has 5 aromatic rings. The van der Waals surface area contributed by atoms with Gasteiger partial charge in [0.25, 0.3) is 0 Å². The zero-order chi connectivity index (χ0) is 27.3. The Morgan fingerprint density at radius 3 is 1.77 bits per heavy atom. The molecule has 0 radical (unpaired) electrons. The van der Waals surface area contributed by atoms with E-state index in [0.717, 1.165) is 61.2 Å². The van der Waals surface area contributed by atoms with E-state index in [1.165, 1.54) is 0 Å². The Morgan fingerprint density at radius 2 is 1.15 bits per heavy atom. The van der Waals surface area contributed by atoms with Gasteiger partial charge in [-0.25, -0.2) is 0 Å². The summed E-state index contributed by atoms with van der Waals surface area (Å²) < 4.78 is 11.1. The highest BCUT2D eigenvalue weighted by Crippen LogP contribution is 2.56. The highest BCUT2D eigenvalue weighted by atomic mass is 32.2. The average Bonchev–Trinajstić information content (AvgIpc) is 2.98. The summed E-state index contributed by atoms with van der Waals surface area (Å²) in [7, 11) is 0. The Kier molecular flexibility index (Phi) is 5.86. The number of hydrogen-bond donors (Lipinski definition) is 0. The molecule has 0 aliphatic carbocycles. The summed E-state index contributed by atoms with van der Waals surface area (Å²) in [4.78, 5) is 1.05. The van der Waals surface area contributed by atoms with Gasteiger partial charge in [-0.15, -0.1) is 0 Å². The van der Waals surface area contributed by atoms with Crippen LogP contribution in [0.25, 0.3) is 11.1 Å². The van der Waals surface area contributed by atoms with Gasteiger partial charge >= 0.3 is 5.18 Å². The number of aryl methyl sites for hydroxylation is 3. The third-order valence-electron chi connectivity index (χ3n) is 7.12. The van der Waals surface area contributed by atoms with Crippen molar-refractivity contribution in [1.29, 1.82) is 0 Å². The Labute approximate surface area is 238 Å². The summed E-state index contributed by atoms with van der Waals surface area (Å²) >= 11 is 1.63. The van der Waals surface area contributed by atoms with Gasteiger partial charge in [-0.1, -0.05) is 78.9 Å². The predicted octanol–water partition coefficient (Wildman–Crippen LogP) is 9.94. The first-order valence-electron chi connectivity index (χ1n) is 13.3. The molecule has 0 saturated heterocycles. The number of azo groups is 4. The average molecular weight is 541 g/mol. The lowest BCUT2D eigenvalue weighted by molar-refractivity contribution is -0.824. The topological polar surface area (TPSA) is 40.0 Å². The predicted molar refractivity (Wildman–Crippen MR) is 159 cm³/mol. The number of ether oxygens (including phenoxy) is 1. The van der Waals surface area contributed by atoms with Crippen LogP contribution >= 0.6 is 11.8 Å². The molecule has 0 saturated carbocycles. The van der Waals surface area contributed by atoms with Crippen LogP contribution in [0.15, 0.2) is 130 Å². The van der Waals surface area contributed by atoms with Gasteiger partial charge in [-0.05, 0) is 60.7 Å². The molecule has 2 aliphatic rings. The van der Waals surface area contributed by atoms with E-state index in [9.17, 15) is 0 Å². The van der Waals surface area contributed by atoms with Crippen molar-refractivity contribution in [3.8, 4) is 16.9 Å².